The molecule has 0 aromatic heterocycles. The van der Waals surface area contributed by atoms with Crippen molar-refractivity contribution >= 4 is 0 Å². The minimum atomic E-state index is -4.08. The summed E-state index contributed by atoms with van der Waals surface area (Å²) in [4.78, 5) is 1.42. The Labute approximate surface area is 89.8 Å². The second-order valence-electron chi connectivity index (χ2n) is 3.95. The van der Waals surface area contributed by atoms with Crippen molar-refractivity contribution in [3.63, 3.8) is 0 Å². The number of hydrogen-bond acceptors (Lipinski definition) is 2. The molecule has 0 bridgehead atoms. The van der Waals surface area contributed by atoms with E-state index in [1.807, 2.05) is 13.8 Å². The molecule has 2 nitrogen and oxygen atoms in total. The lowest BCUT2D eigenvalue weighted by molar-refractivity contribution is -0.145. The molecule has 0 aliphatic carbocycles. The van der Waals surface area contributed by atoms with Gasteiger partial charge in [0.05, 0.1) is 6.54 Å². The second-order valence-corrected chi connectivity index (χ2v) is 3.95. The maximum atomic E-state index is 12.1. The van der Waals surface area contributed by atoms with Crippen molar-refractivity contribution in [3.8, 4) is 0 Å². The molecule has 0 rings (SSSR count). The molecule has 0 saturated carbocycles. The van der Waals surface area contributed by atoms with E-state index < -0.39 is 12.7 Å². The summed E-state index contributed by atoms with van der Waals surface area (Å²) in [5.74, 6) is 0. The Morgan fingerprint density at radius 2 is 1.87 bits per heavy atom. The van der Waals surface area contributed by atoms with Gasteiger partial charge in [0, 0.05) is 6.04 Å². The highest BCUT2D eigenvalue weighted by Crippen LogP contribution is 2.16. The third kappa shape index (κ3) is 10.0. The highest BCUT2D eigenvalue weighted by molar-refractivity contribution is 4.63. The molecule has 0 aromatic rings. The maximum Gasteiger partial charge on any atom is 0.401 e. The van der Waals surface area contributed by atoms with Crippen molar-refractivity contribution in [2.24, 2.45) is 0 Å². The van der Waals surface area contributed by atoms with Gasteiger partial charge >= 0.3 is 6.18 Å². The topological polar surface area (TPSA) is 15.3 Å². The first-order chi connectivity index (χ1) is 6.85. The fourth-order valence-corrected chi connectivity index (χ4v) is 1.30. The SMILES string of the molecule is CCN(CCCNC(C)C)CC(F)(F)F. The standard InChI is InChI=1S/C10H21F3N2/c1-4-15(8-10(11,12)13)7-5-6-14-9(2)3/h9,14H,4-8H2,1-3H3. The number of hydrogen-bond donors (Lipinski definition) is 1. The van der Waals surface area contributed by atoms with Gasteiger partial charge in [-0.05, 0) is 26.1 Å². The van der Waals surface area contributed by atoms with Crippen LogP contribution in [-0.4, -0.2) is 43.3 Å². The zero-order valence-electron chi connectivity index (χ0n) is 9.69. The first-order valence-electron chi connectivity index (χ1n) is 5.37. The molecule has 0 atom stereocenters. The Kier molecular flexibility index (Phi) is 6.92. The number of rotatable bonds is 7. The van der Waals surface area contributed by atoms with Crippen LogP contribution < -0.4 is 5.32 Å². The highest BCUT2D eigenvalue weighted by atomic mass is 19.4. The molecular weight excluding hydrogens is 205 g/mol. The minimum Gasteiger partial charge on any atom is -0.314 e. The molecule has 0 aliphatic rings. The minimum absolute atomic E-state index is 0.391. The molecule has 0 heterocycles. The van der Waals surface area contributed by atoms with Gasteiger partial charge in [0.15, 0.2) is 0 Å². The van der Waals surface area contributed by atoms with E-state index in [-0.39, 0.29) is 0 Å². The van der Waals surface area contributed by atoms with Crippen molar-refractivity contribution in [2.45, 2.75) is 39.4 Å². The van der Waals surface area contributed by atoms with Gasteiger partial charge in [0.2, 0.25) is 0 Å². The van der Waals surface area contributed by atoms with E-state index in [2.05, 4.69) is 5.32 Å². The van der Waals surface area contributed by atoms with E-state index in [1.54, 1.807) is 6.92 Å². The Morgan fingerprint density at radius 3 is 2.27 bits per heavy atom. The lowest BCUT2D eigenvalue weighted by Gasteiger charge is -2.22. The van der Waals surface area contributed by atoms with Crippen LogP contribution in [0, 0.1) is 0 Å². The Hall–Kier alpha value is -0.290. The lowest BCUT2D eigenvalue weighted by Crippen LogP contribution is -2.36. The summed E-state index contributed by atoms with van der Waals surface area (Å²) in [6, 6.07) is 0.391. The molecule has 0 amide bonds. The number of nitrogens with zero attached hydrogens (tertiary/aromatic N) is 1. The van der Waals surface area contributed by atoms with E-state index in [0.717, 1.165) is 13.0 Å². The molecule has 1 N–H and O–H groups in total. The van der Waals surface area contributed by atoms with Gasteiger partial charge < -0.3 is 5.32 Å². The molecule has 0 unspecified atom stereocenters. The Morgan fingerprint density at radius 1 is 1.27 bits per heavy atom. The van der Waals surface area contributed by atoms with E-state index in [9.17, 15) is 13.2 Å². The van der Waals surface area contributed by atoms with Crippen molar-refractivity contribution in [2.75, 3.05) is 26.2 Å². The summed E-state index contributed by atoms with van der Waals surface area (Å²) < 4.78 is 36.2. The average Bonchev–Trinajstić information content (AvgIpc) is 2.08. The monoisotopic (exact) mass is 226 g/mol. The third-order valence-corrected chi connectivity index (χ3v) is 2.05. The van der Waals surface area contributed by atoms with Crippen molar-refractivity contribution in [3.05, 3.63) is 0 Å². The van der Waals surface area contributed by atoms with Crippen molar-refractivity contribution < 1.29 is 13.2 Å². The maximum absolute atomic E-state index is 12.1. The zero-order chi connectivity index (χ0) is 11.9. The van der Waals surface area contributed by atoms with Gasteiger partial charge in [-0.2, -0.15) is 13.2 Å². The van der Waals surface area contributed by atoms with Crippen LogP contribution in [0.25, 0.3) is 0 Å². The molecule has 0 radical (unpaired) electrons. The Balaban J connectivity index is 3.62. The molecule has 15 heavy (non-hydrogen) atoms. The normalized spacial score (nSPS) is 12.8. The Bertz CT molecular complexity index is 157. The number of alkyl halides is 3. The zero-order valence-corrected chi connectivity index (χ0v) is 9.69. The average molecular weight is 226 g/mol. The van der Waals surface area contributed by atoms with Gasteiger partial charge in [-0.15, -0.1) is 0 Å². The van der Waals surface area contributed by atoms with Crippen LogP contribution in [0.2, 0.25) is 0 Å². The number of halogens is 3. The number of nitrogens with one attached hydrogen (secondary N) is 1. The van der Waals surface area contributed by atoms with E-state index in [0.29, 0.717) is 19.1 Å². The third-order valence-electron chi connectivity index (χ3n) is 2.05. The van der Waals surface area contributed by atoms with Gasteiger partial charge in [-0.3, -0.25) is 4.90 Å². The predicted molar refractivity (Wildman–Crippen MR) is 55.9 cm³/mol. The summed E-state index contributed by atoms with van der Waals surface area (Å²) >= 11 is 0. The molecule has 5 heteroatoms. The molecular formula is C10H21F3N2. The van der Waals surface area contributed by atoms with Crippen LogP contribution in [0.5, 0.6) is 0 Å². The summed E-state index contributed by atoms with van der Waals surface area (Å²) in [5.41, 5.74) is 0. The van der Waals surface area contributed by atoms with Crippen LogP contribution in [0.4, 0.5) is 13.2 Å². The van der Waals surface area contributed by atoms with Crippen molar-refractivity contribution in [1.82, 2.24) is 10.2 Å². The summed E-state index contributed by atoms with van der Waals surface area (Å²) in [5, 5.41) is 3.18. The first kappa shape index (κ1) is 14.7. The van der Waals surface area contributed by atoms with Gasteiger partial charge in [0.1, 0.15) is 0 Å². The second kappa shape index (κ2) is 7.06. The quantitative estimate of drug-likeness (QED) is 0.670. The predicted octanol–water partition coefficient (Wildman–Crippen LogP) is 2.26. The van der Waals surface area contributed by atoms with Crippen LogP contribution in [0.3, 0.4) is 0 Å². The molecule has 0 aromatic carbocycles. The van der Waals surface area contributed by atoms with E-state index in [4.69, 9.17) is 0 Å². The molecule has 0 fully saturated rings. The molecule has 0 spiro atoms. The van der Waals surface area contributed by atoms with Crippen LogP contribution in [0.1, 0.15) is 27.2 Å². The van der Waals surface area contributed by atoms with Crippen LogP contribution in [-0.2, 0) is 0 Å². The van der Waals surface area contributed by atoms with Crippen LogP contribution in [0.15, 0.2) is 0 Å². The largest absolute Gasteiger partial charge is 0.401 e. The van der Waals surface area contributed by atoms with E-state index >= 15 is 0 Å². The van der Waals surface area contributed by atoms with Crippen LogP contribution >= 0.6 is 0 Å². The van der Waals surface area contributed by atoms with E-state index in [1.165, 1.54) is 4.90 Å². The molecule has 0 aliphatic heterocycles. The fourth-order valence-electron chi connectivity index (χ4n) is 1.30. The fraction of sp³-hybridized carbons (Fsp3) is 1.00. The van der Waals surface area contributed by atoms with Gasteiger partial charge in [-0.25, -0.2) is 0 Å². The smallest absolute Gasteiger partial charge is 0.314 e. The van der Waals surface area contributed by atoms with Gasteiger partial charge in [-0.1, -0.05) is 20.8 Å². The molecule has 0 saturated heterocycles. The summed E-state index contributed by atoms with van der Waals surface area (Å²) in [6.07, 6.45) is -3.33. The van der Waals surface area contributed by atoms with Crippen molar-refractivity contribution in [1.29, 1.82) is 0 Å². The molecule has 92 valence electrons. The lowest BCUT2D eigenvalue weighted by atomic mass is 10.3. The summed E-state index contributed by atoms with van der Waals surface area (Å²) in [6.45, 7) is 6.70. The highest BCUT2D eigenvalue weighted by Gasteiger charge is 2.29. The first-order valence-corrected chi connectivity index (χ1v) is 5.37. The summed E-state index contributed by atoms with van der Waals surface area (Å²) in [7, 11) is 0. The van der Waals surface area contributed by atoms with Gasteiger partial charge in [0.25, 0.3) is 0 Å².